The number of allylic oxidation sites excluding steroid dienone is 3. The van der Waals surface area contributed by atoms with Gasteiger partial charge in [0.1, 0.15) is 0 Å². The predicted molar refractivity (Wildman–Crippen MR) is 57.4 cm³/mol. The van der Waals surface area contributed by atoms with Gasteiger partial charge in [-0.25, -0.2) is 4.79 Å². The van der Waals surface area contributed by atoms with Crippen molar-refractivity contribution < 1.29 is 45.4 Å². The van der Waals surface area contributed by atoms with Crippen LogP contribution in [-0.4, -0.2) is 18.4 Å². The molecule has 0 heterocycles. The fraction of sp³-hybridized carbons (Fsp3) is 0.250. The normalized spacial score (nSPS) is 7.16. The Balaban J connectivity index is -0.0000000816. The van der Waals surface area contributed by atoms with Gasteiger partial charge in [-0.1, -0.05) is 18.2 Å². The molecule has 0 aliphatic heterocycles. The molecule has 0 unspecified atom stereocenters. The van der Waals surface area contributed by atoms with Crippen molar-refractivity contribution in [2.24, 2.45) is 0 Å². The third kappa shape index (κ3) is 31.4. The molecule has 6 nitrogen and oxygen atoms in total. The minimum absolute atomic E-state index is 0. The van der Waals surface area contributed by atoms with Crippen molar-refractivity contribution in [2.75, 3.05) is 6.61 Å². The van der Waals surface area contributed by atoms with Gasteiger partial charge in [-0.05, 0) is 19.9 Å². The fourth-order valence-electron chi connectivity index (χ4n) is 0.524. The Morgan fingerprint density at radius 2 is 1.47 bits per heavy atom. The second-order valence-electron chi connectivity index (χ2n) is 1.97. The zero-order valence-electron chi connectivity index (χ0n) is 10.3. The second kappa shape index (κ2) is 36.0. The predicted octanol–water partition coefficient (Wildman–Crippen LogP) is 1.14. The van der Waals surface area contributed by atoms with Crippen LogP contribution in [0.3, 0.4) is 0 Å². The number of carbonyl (C=O) groups excluding carboxylic acids is 2. The first-order chi connectivity index (χ1) is 8.72. The molecule has 0 saturated heterocycles. The van der Waals surface area contributed by atoms with Crippen molar-refractivity contribution in [1.82, 2.24) is 0 Å². The summed E-state index contributed by atoms with van der Waals surface area (Å²) in [5.74, 6) is -1.44. The molecule has 0 spiro atoms. The zero-order valence-corrected chi connectivity index (χ0v) is 11.4. The molecule has 7 heteroatoms. The number of hydrogen-bond donors (Lipinski definition) is 0. The third-order valence-electron chi connectivity index (χ3n) is 1.03. The first-order valence-corrected chi connectivity index (χ1v) is 4.34. The number of ketones is 1. The van der Waals surface area contributed by atoms with Crippen LogP contribution in [0.2, 0.25) is 0 Å². The SMILES string of the molecule is C/C=C/C=C/C(=O)C(=O)OCC.[C-]#[O+].[C-]#[O+].[C-]#[O+].[Fe]. The van der Waals surface area contributed by atoms with Gasteiger partial charge in [-0.15, -0.1) is 0 Å². The van der Waals surface area contributed by atoms with E-state index in [1.165, 1.54) is 12.2 Å². The number of esters is 1. The van der Waals surface area contributed by atoms with Gasteiger partial charge in [0, 0.05) is 17.1 Å². The van der Waals surface area contributed by atoms with Crippen LogP contribution in [-0.2, 0) is 45.4 Å². The summed E-state index contributed by atoms with van der Waals surface area (Å²) >= 11 is 0. The Morgan fingerprint density at radius 3 is 1.79 bits per heavy atom. The van der Waals surface area contributed by atoms with Gasteiger partial charge in [0.05, 0.1) is 6.61 Å². The van der Waals surface area contributed by atoms with Gasteiger partial charge >= 0.3 is 39.9 Å². The molecule has 0 aromatic heterocycles. The molecule has 0 rings (SSSR count). The van der Waals surface area contributed by atoms with E-state index in [4.69, 9.17) is 14.0 Å². The molecule has 0 amide bonds. The van der Waals surface area contributed by atoms with Crippen LogP contribution in [0.25, 0.3) is 0 Å². The van der Waals surface area contributed by atoms with Crippen molar-refractivity contribution in [2.45, 2.75) is 13.8 Å². The molecule has 0 bridgehead atoms. The van der Waals surface area contributed by atoms with E-state index >= 15 is 0 Å². The quantitative estimate of drug-likeness (QED) is 0.148. The summed E-state index contributed by atoms with van der Waals surface area (Å²) in [7, 11) is 0. The van der Waals surface area contributed by atoms with Crippen LogP contribution < -0.4 is 0 Å². The third-order valence-corrected chi connectivity index (χ3v) is 1.03. The van der Waals surface area contributed by atoms with Crippen molar-refractivity contribution in [3.8, 4) is 0 Å². The Morgan fingerprint density at radius 1 is 1.05 bits per heavy atom. The van der Waals surface area contributed by atoms with E-state index < -0.39 is 11.8 Å². The molecule has 0 saturated carbocycles. The van der Waals surface area contributed by atoms with Crippen LogP contribution in [0, 0.1) is 20.0 Å². The van der Waals surface area contributed by atoms with Crippen molar-refractivity contribution in [3.05, 3.63) is 44.3 Å². The maximum atomic E-state index is 10.8. The number of carbonyl (C=O) groups is 2. The minimum Gasteiger partial charge on any atom is 0 e. The summed E-state index contributed by atoms with van der Waals surface area (Å²) in [6.07, 6.45) is 6.10. The summed E-state index contributed by atoms with van der Waals surface area (Å²) in [6.45, 7) is 17.2. The van der Waals surface area contributed by atoms with Crippen molar-refractivity contribution in [1.29, 1.82) is 0 Å². The summed E-state index contributed by atoms with van der Waals surface area (Å²) < 4.78 is 27.0. The summed E-state index contributed by atoms with van der Waals surface area (Å²) in [6, 6.07) is 0. The molecule has 0 aliphatic carbocycles. The number of ether oxygens (including phenoxy) is 1. The Hall–Kier alpha value is -1.64. The summed E-state index contributed by atoms with van der Waals surface area (Å²) in [4.78, 5) is 21.5. The van der Waals surface area contributed by atoms with E-state index in [0.717, 1.165) is 0 Å². The fourth-order valence-corrected chi connectivity index (χ4v) is 0.524. The molecule has 0 atom stereocenters. The maximum Gasteiger partial charge on any atom is 0 e. The average molecular weight is 308 g/mol. The van der Waals surface area contributed by atoms with Crippen molar-refractivity contribution >= 4 is 11.8 Å². The van der Waals surface area contributed by atoms with Crippen LogP contribution >= 0.6 is 0 Å². The van der Waals surface area contributed by atoms with Gasteiger partial charge in [-0.3, -0.25) is 4.79 Å². The zero-order chi connectivity index (χ0) is 15.4. The maximum absolute atomic E-state index is 10.8. The molecule has 19 heavy (non-hydrogen) atoms. The van der Waals surface area contributed by atoms with Gasteiger partial charge in [0.15, 0.2) is 0 Å². The van der Waals surface area contributed by atoms with E-state index in [9.17, 15) is 9.59 Å². The Kier molecular flexibility index (Phi) is 57.6. The van der Waals surface area contributed by atoms with Gasteiger partial charge in [0.2, 0.25) is 0 Å². The average Bonchev–Trinajstić information content (AvgIpc) is 2.46. The van der Waals surface area contributed by atoms with Crippen LogP contribution in [0.4, 0.5) is 0 Å². The van der Waals surface area contributed by atoms with E-state index in [2.05, 4.69) is 24.7 Å². The van der Waals surface area contributed by atoms with Crippen LogP contribution in [0.5, 0.6) is 0 Å². The van der Waals surface area contributed by atoms with Crippen LogP contribution in [0.15, 0.2) is 24.3 Å². The summed E-state index contributed by atoms with van der Waals surface area (Å²) in [5, 5.41) is 0. The molecule has 104 valence electrons. The largest absolute Gasteiger partial charge is 0 e. The molecule has 0 N–H and O–H groups in total. The second-order valence-corrected chi connectivity index (χ2v) is 1.97. The van der Waals surface area contributed by atoms with Crippen LogP contribution in [0.1, 0.15) is 13.8 Å². The van der Waals surface area contributed by atoms with Gasteiger partial charge in [-0.2, -0.15) is 0 Å². The van der Waals surface area contributed by atoms with Gasteiger partial charge in [0.25, 0.3) is 5.78 Å². The van der Waals surface area contributed by atoms with Gasteiger partial charge < -0.3 is 4.74 Å². The topological polar surface area (TPSA) is 103 Å². The Labute approximate surface area is 122 Å². The number of hydrogen-bond acceptors (Lipinski definition) is 3. The molecular formula is C12H12FeO6. The molecule has 0 fully saturated rings. The smallest absolute Gasteiger partial charge is 0 e. The monoisotopic (exact) mass is 308 g/mol. The molecule has 0 aromatic carbocycles. The van der Waals surface area contributed by atoms with Crippen molar-refractivity contribution in [3.63, 3.8) is 0 Å². The molecule has 0 aliphatic rings. The van der Waals surface area contributed by atoms with E-state index in [1.807, 2.05) is 6.92 Å². The van der Waals surface area contributed by atoms with E-state index in [1.54, 1.807) is 19.1 Å². The van der Waals surface area contributed by atoms with E-state index in [-0.39, 0.29) is 23.7 Å². The number of rotatable bonds is 4. The standard InChI is InChI=1S/C9H12O3.3CO.Fe/c1-3-5-6-7-8(10)9(11)12-4-2;3*1-2;/h3,5-7H,4H2,1-2H3;;;;/b5-3+,7-6+;;;;. The summed E-state index contributed by atoms with van der Waals surface area (Å²) in [5.41, 5.74) is 0. The minimum atomic E-state index is -0.807. The van der Waals surface area contributed by atoms with E-state index in [0.29, 0.717) is 0 Å². The Bertz CT molecular complexity index is 311. The first kappa shape index (κ1) is 30.4. The first-order valence-electron chi connectivity index (χ1n) is 4.34. The molecular weight excluding hydrogens is 296 g/mol. The molecule has 0 aromatic rings. The molecule has 0 radical (unpaired) electrons.